The fourth-order valence-electron chi connectivity index (χ4n) is 8.85. The summed E-state index contributed by atoms with van der Waals surface area (Å²) in [7, 11) is 0. The van der Waals surface area contributed by atoms with E-state index in [-0.39, 0.29) is 19.5 Å². The molecular weight excluding hydrogens is 838 g/mol. The number of hydrogen-bond acceptors (Lipinski definition) is 6. The average molecular weight is 876 g/mol. The Hall–Kier alpha value is -6.30. The molecule has 0 saturated carbocycles. The Balaban J connectivity index is 0.00000514. The SMILES string of the molecule is Cc1cc(C)c(-c2c3nc(c(-c4ccc(N=C=S)cc4)c4ccc([n-]4)c(-c4c(C)cc(C)cc4C)c4nc(c(-c5ccc(N=C=S)cc5)c5ccc2[n-]5)C=C4)C=C3)c(C)c1.[Zn+2]. The summed E-state index contributed by atoms with van der Waals surface area (Å²) >= 11 is 9.83. The summed E-state index contributed by atoms with van der Waals surface area (Å²) in [4.78, 5) is 30.3. The van der Waals surface area contributed by atoms with Crippen LogP contribution in [0.5, 0.6) is 0 Å². The van der Waals surface area contributed by atoms with Crippen molar-refractivity contribution in [2.24, 2.45) is 9.98 Å². The van der Waals surface area contributed by atoms with Gasteiger partial charge in [0.25, 0.3) is 0 Å². The maximum Gasteiger partial charge on any atom is 2.00 e. The fraction of sp³-hybridized carbons (Fsp3) is 0.115. The number of nitrogens with zero attached hydrogens (tertiary/aromatic N) is 6. The molecule has 5 heterocycles. The van der Waals surface area contributed by atoms with Crippen LogP contribution in [0.1, 0.15) is 56.2 Å². The third kappa shape index (κ3) is 7.80. The molecule has 9 heteroatoms. The second-order valence-corrected chi connectivity index (χ2v) is 15.8. The van der Waals surface area contributed by atoms with Gasteiger partial charge in [0.2, 0.25) is 0 Å². The van der Waals surface area contributed by atoms with E-state index in [2.05, 4.69) is 135 Å². The number of isothiocyanates is 2. The number of thiocarbonyl (C=S) groups is 2. The predicted octanol–water partition coefficient (Wildman–Crippen LogP) is 13.9. The molecule has 0 N–H and O–H groups in total. The van der Waals surface area contributed by atoms with Crippen molar-refractivity contribution in [3.8, 4) is 44.5 Å². The summed E-state index contributed by atoms with van der Waals surface area (Å²) in [5, 5.41) is 4.97. The molecule has 290 valence electrons. The summed E-state index contributed by atoms with van der Waals surface area (Å²) in [6.07, 6.45) is 8.39. The molecule has 0 radical (unpaired) electrons. The molecule has 0 amide bonds. The Kier molecular flexibility index (Phi) is 11.5. The van der Waals surface area contributed by atoms with Crippen LogP contribution in [0.25, 0.3) is 90.9 Å². The van der Waals surface area contributed by atoms with Gasteiger partial charge in [-0.1, -0.05) is 83.9 Å². The minimum atomic E-state index is 0. The van der Waals surface area contributed by atoms with Crippen molar-refractivity contribution in [1.82, 2.24) is 19.9 Å². The van der Waals surface area contributed by atoms with Crippen LogP contribution in [0, 0.1) is 41.5 Å². The van der Waals surface area contributed by atoms with E-state index in [9.17, 15) is 0 Å². The quantitative estimate of drug-likeness (QED) is 0.0941. The molecule has 7 aromatic rings. The first-order chi connectivity index (χ1) is 29.1. The van der Waals surface area contributed by atoms with E-state index in [1.807, 2.05) is 48.5 Å². The number of benzene rings is 4. The molecule has 61 heavy (non-hydrogen) atoms. The molecular formula is C52H38N6S2Zn. The number of fused-ring (bicyclic) bond motifs is 8. The third-order valence-corrected chi connectivity index (χ3v) is 11.3. The molecule has 0 spiro atoms. The number of rotatable bonds is 6. The van der Waals surface area contributed by atoms with E-state index in [1.165, 1.54) is 11.1 Å². The largest absolute Gasteiger partial charge is 2.00 e. The van der Waals surface area contributed by atoms with Gasteiger partial charge >= 0.3 is 19.5 Å². The maximum atomic E-state index is 5.46. The average Bonchev–Trinajstić information content (AvgIpc) is 4.06. The van der Waals surface area contributed by atoms with Crippen LogP contribution >= 0.6 is 24.4 Å². The zero-order chi connectivity index (χ0) is 41.7. The fourth-order valence-corrected chi connectivity index (χ4v) is 9.06. The Labute approximate surface area is 378 Å². The Morgan fingerprint density at radius 3 is 1.02 bits per heavy atom. The van der Waals surface area contributed by atoms with Gasteiger partial charge < -0.3 is 9.97 Å². The van der Waals surface area contributed by atoms with E-state index in [0.29, 0.717) is 0 Å². The zero-order valence-corrected chi connectivity index (χ0v) is 39.4. The van der Waals surface area contributed by atoms with Crippen LogP contribution < -0.4 is 9.97 Å². The van der Waals surface area contributed by atoms with Crippen LogP contribution in [0.15, 0.2) is 107 Å². The molecule has 0 saturated heterocycles. The summed E-state index contributed by atoms with van der Waals surface area (Å²) in [5.74, 6) is 0. The summed E-state index contributed by atoms with van der Waals surface area (Å²) in [5.41, 5.74) is 22.7. The first-order valence-corrected chi connectivity index (χ1v) is 20.5. The molecule has 0 aliphatic carbocycles. The second-order valence-electron chi connectivity index (χ2n) is 15.4. The molecule has 2 aliphatic rings. The van der Waals surface area contributed by atoms with Gasteiger partial charge in [-0.25, -0.2) is 9.97 Å². The molecule has 0 fully saturated rings. The van der Waals surface area contributed by atoms with Gasteiger partial charge in [-0.05, 0) is 181 Å². The van der Waals surface area contributed by atoms with Crippen molar-refractivity contribution in [1.29, 1.82) is 0 Å². The van der Waals surface area contributed by atoms with Crippen LogP contribution in [-0.2, 0) is 19.5 Å². The van der Waals surface area contributed by atoms with Crippen molar-refractivity contribution >= 4 is 92.5 Å². The smallest absolute Gasteiger partial charge is 0.657 e. The van der Waals surface area contributed by atoms with Crippen molar-refractivity contribution in [3.63, 3.8) is 0 Å². The van der Waals surface area contributed by atoms with Gasteiger partial charge in [0, 0.05) is 0 Å². The van der Waals surface area contributed by atoms with E-state index in [0.717, 1.165) is 123 Å². The van der Waals surface area contributed by atoms with Crippen molar-refractivity contribution in [3.05, 3.63) is 153 Å². The van der Waals surface area contributed by atoms with E-state index >= 15 is 0 Å². The number of hydrogen-bond donors (Lipinski definition) is 0. The molecule has 0 atom stereocenters. The zero-order valence-electron chi connectivity index (χ0n) is 34.8. The molecule has 3 aromatic heterocycles. The van der Waals surface area contributed by atoms with Crippen LogP contribution in [0.4, 0.5) is 11.4 Å². The van der Waals surface area contributed by atoms with Crippen LogP contribution in [0.3, 0.4) is 0 Å². The minimum absolute atomic E-state index is 0. The number of aromatic nitrogens is 4. The Bertz CT molecular complexity index is 3000. The molecule has 6 nitrogen and oxygen atoms in total. The predicted molar refractivity (Wildman–Crippen MR) is 256 cm³/mol. The van der Waals surface area contributed by atoms with Crippen molar-refractivity contribution < 1.29 is 19.5 Å². The van der Waals surface area contributed by atoms with Crippen LogP contribution in [-0.4, -0.2) is 20.3 Å². The van der Waals surface area contributed by atoms with Gasteiger partial charge in [0.1, 0.15) is 0 Å². The molecule has 4 aromatic carbocycles. The number of aliphatic imine (C=N–C) groups is 2. The maximum absolute atomic E-state index is 5.46. The topological polar surface area (TPSA) is 78.7 Å². The first-order valence-electron chi connectivity index (χ1n) is 19.7. The Morgan fingerprint density at radius 2 is 0.705 bits per heavy atom. The van der Waals surface area contributed by atoms with Gasteiger partial charge in [0.05, 0.1) is 44.5 Å². The summed E-state index contributed by atoms with van der Waals surface area (Å²) < 4.78 is 0. The van der Waals surface area contributed by atoms with E-state index < -0.39 is 0 Å². The van der Waals surface area contributed by atoms with E-state index in [4.69, 9.17) is 44.4 Å². The molecule has 8 bridgehead atoms. The molecule has 2 aliphatic heterocycles. The van der Waals surface area contributed by atoms with Gasteiger partial charge in [0.15, 0.2) is 0 Å². The van der Waals surface area contributed by atoms with Crippen molar-refractivity contribution in [2.45, 2.75) is 41.5 Å². The minimum Gasteiger partial charge on any atom is -0.657 e. The summed E-state index contributed by atoms with van der Waals surface area (Å²) in [6.45, 7) is 12.9. The standard InChI is InChI=1S/C52H38N6S2.Zn/c1-29-23-31(3)47(32(4)24-29)51-43-19-15-39(55-43)49(35-7-11-37(12-8-35)53-27-59)41-17-21-45(57-41)52(48-33(5)25-30(2)26-34(48)6)46-22-18-42(58-46)50(40-16-20-44(51)56-40)36-9-13-38(14-10-36)54-28-60;/h7-26H,1-6H3;/q-2;+2. The number of aryl methyl sites for hydroxylation is 6. The Morgan fingerprint density at radius 1 is 0.410 bits per heavy atom. The summed E-state index contributed by atoms with van der Waals surface area (Å²) in [6, 6.07) is 33.2. The normalized spacial score (nSPS) is 11.5. The van der Waals surface area contributed by atoms with Gasteiger partial charge in [-0.2, -0.15) is 9.98 Å². The van der Waals surface area contributed by atoms with Crippen molar-refractivity contribution in [2.75, 3.05) is 0 Å². The van der Waals surface area contributed by atoms with Crippen LogP contribution in [0.2, 0.25) is 0 Å². The molecule has 0 unspecified atom stereocenters. The second kappa shape index (κ2) is 17.0. The van der Waals surface area contributed by atoms with Gasteiger partial charge in [-0.15, -0.1) is 22.1 Å². The monoisotopic (exact) mass is 874 g/mol. The first kappa shape index (κ1) is 41.4. The molecule has 9 rings (SSSR count). The third-order valence-electron chi connectivity index (χ3n) is 11.1. The van der Waals surface area contributed by atoms with Gasteiger partial charge in [-0.3, -0.25) is 0 Å². The van der Waals surface area contributed by atoms with E-state index in [1.54, 1.807) is 0 Å².